The highest BCUT2D eigenvalue weighted by molar-refractivity contribution is 7.99. The summed E-state index contributed by atoms with van der Waals surface area (Å²) >= 11 is 8.39. The molecule has 1 aromatic heterocycles. The summed E-state index contributed by atoms with van der Waals surface area (Å²) in [7, 11) is 0. The highest BCUT2D eigenvalue weighted by Gasteiger charge is 2.24. The molecule has 0 fully saturated rings. The van der Waals surface area contributed by atoms with Gasteiger partial charge in [-0.15, -0.1) is 28.5 Å². The lowest BCUT2D eigenvalue weighted by molar-refractivity contribution is 0.696. The van der Waals surface area contributed by atoms with Crippen molar-refractivity contribution < 1.29 is 0 Å². The summed E-state index contributed by atoms with van der Waals surface area (Å²) in [5.41, 5.74) is 3.90. The first-order chi connectivity index (χ1) is 14.7. The second-order valence-corrected chi connectivity index (χ2v) is 8.54. The van der Waals surface area contributed by atoms with Crippen LogP contribution in [-0.4, -0.2) is 32.8 Å². The highest BCUT2D eigenvalue weighted by Crippen LogP contribution is 2.32. The molecule has 0 spiro atoms. The van der Waals surface area contributed by atoms with Crippen molar-refractivity contribution in [3.63, 3.8) is 0 Å². The van der Waals surface area contributed by atoms with Crippen LogP contribution in [0.4, 0.5) is 0 Å². The van der Waals surface area contributed by atoms with Crippen LogP contribution in [0.25, 0.3) is 5.69 Å². The number of aliphatic imine (C=N–C) groups is 1. The van der Waals surface area contributed by atoms with Crippen molar-refractivity contribution in [2.24, 2.45) is 4.99 Å². The van der Waals surface area contributed by atoms with Crippen molar-refractivity contribution in [1.82, 2.24) is 20.1 Å². The van der Waals surface area contributed by atoms with E-state index in [-0.39, 0.29) is 0 Å². The first-order valence-electron chi connectivity index (χ1n) is 10.0. The van der Waals surface area contributed by atoms with Gasteiger partial charge in [-0.25, -0.2) is 0 Å². The predicted molar refractivity (Wildman–Crippen MR) is 125 cm³/mol. The monoisotopic (exact) mass is 437 g/mol. The maximum Gasteiger partial charge on any atom is 0.159 e. The molecule has 0 bridgehead atoms. The van der Waals surface area contributed by atoms with Gasteiger partial charge in [-0.2, -0.15) is 0 Å². The van der Waals surface area contributed by atoms with Crippen LogP contribution in [0.15, 0.2) is 65.0 Å². The van der Waals surface area contributed by atoms with Gasteiger partial charge in [0.25, 0.3) is 0 Å². The Bertz CT molecular complexity index is 1090. The van der Waals surface area contributed by atoms with Crippen LogP contribution in [0.3, 0.4) is 0 Å². The molecule has 7 heteroatoms. The van der Waals surface area contributed by atoms with Gasteiger partial charge in [-0.3, -0.25) is 9.56 Å². The Morgan fingerprint density at radius 1 is 1.20 bits per heavy atom. The standard InChI is InChI=1S/C23H24ClN5S/c1-3-11-25-14-21-27-28-22-15-26-23(17-7-5-6-8-19(17)24)18-10-9-16(30-12-4-2)13-20(18)29(21)22/h3,5-10,13,25H,1,4,11-12,14-15H2,2H3. The van der Waals surface area contributed by atoms with Gasteiger partial charge < -0.3 is 5.32 Å². The van der Waals surface area contributed by atoms with Gasteiger partial charge in [0.15, 0.2) is 11.6 Å². The Hall–Kier alpha value is -2.41. The molecule has 154 valence electrons. The molecule has 0 saturated carbocycles. The number of benzene rings is 2. The minimum Gasteiger partial charge on any atom is -0.306 e. The molecule has 0 unspecified atom stereocenters. The Morgan fingerprint density at radius 3 is 2.87 bits per heavy atom. The quantitative estimate of drug-likeness (QED) is 0.304. The van der Waals surface area contributed by atoms with Crippen LogP contribution >= 0.6 is 23.4 Å². The minimum atomic E-state index is 0.446. The van der Waals surface area contributed by atoms with Gasteiger partial charge in [-0.05, 0) is 36.4 Å². The van der Waals surface area contributed by atoms with Gasteiger partial charge in [0.1, 0.15) is 6.54 Å². The Kier molecular flexibility index (Phi) is 6.67. The molecule has 0 atom stereocenters. The topological polar surface area (TPSA) is 55.1 Å². The van der Waals surface area contributed by atoms with Crippen LogP contribution in [0.1, 0.15) is 36.1 Å². The predicted octanol–water partition coefficient (Wildman–Crippen LogP) is 5.05. The Morgan fingerprint density at radius 2 is 2.07 bits per heavy atom. The average Bonchev–Trinajstić information content (AvgIpc) is 3.09. The zero-order chi connectivity index (χ0) is 20.9. The molecule has 4 rings (SSSR count). The highest BCUT2D eigenvalue weighted by atomic mass is 35.5. The zero-order valence-electron chi connectivity index (χ0n) is 16.9. The third kappa shape index (κ3) is 4.21. The van der Waals surface area contributed by atoms with Gasteiger partial charge >= 0.3 is 0 Å². The van der Waals surface area contributed by atoms with Crippen LogP contribution < -0.4 is 5.32 Å². The lowest BCUT2D eigenvalue weighted by atomic mass is 10.0. The van der Waals surface area contributed by atoms with E-state index in [1.807, 2.05) is 42.1 Å². The third-order valence-corrected chi connectivity index (χ3v) is 6.34. The number of nitrogens with one attached hydrogen (secondary N) is 1. The summed E-state index contributed by atoms with van der Waals surface area (Å²) < 4.78 is 2.13. The van der Waals surface area contributed by atoms with Gasteiger partial charge in [0, 0.05) is 27.6 Å². The molecule has 5 nitrogen and oxygen atoms in total. The molecule has 3 aromatic rings. The Labute approximate surface area is 186 Å². The average molecular weight is 438 g/mol. The maximum atomic E-state index is 6.54. The molecular formula is C23H24ClN5S. The largest absolute Gasteiger partial charge is 0.306 e. The molecular weight excluding hydrogens is 414 g/mol. The van der Waals surface area contributed by atoms with Crippen LogP contribution in [0, 0.1) is 0 Å². The van der Waals surface area contributed by atoms with Crippen molar-refractivity contribution in [3.05, 3.63) is 82.9 Å². The van der Waals surface area contributed by atoms with E-state index in [9.17, 15) is 0 Å². The minimum absolute atomic E-state index is 0.446. The number of rotatable bonds is 8. The van der Waals surface area contributed by atoms with E-state index in [1.165, 1.54) is 4.90 Å². The molecule has 0 radical (unpaired) electrons. The SMILES string of the molecule is C=CCNCc1nnc2n1-c1cc(SCCC)ccc1C(c1ccccc1Cl)=NC2. The molecule has 0 saturated heterocycles. The number of halogens is 1. The number of fused-ring (bicyclic) bond motifs is 3. The smallest absolute Gasteiger partial charge is 0.159 e. The van der Waals surface area contributed by atoms with Crippen molar-refractivity contribution >= 4 is 29.1 Å². The first kappa shape index (κ1) is 20.8. The van der Waals surface area contributed by atoms with Crippen LogP contribution in [0.2, 0.25) is 5.02 Å². The summed E-state index contributed by atoms with van der Waals surface area (Å²) in [5.74, 6) is 2.76. The summed E-state index contributed by atoms with van der Waals surface area (Å²) in [6.45, 7) is 7.73. The van der Waals surface area contributed by atoms with E-state index in [1.54, 1.807) is 0 Å². The van der Waals surface area contributed by atoms with E-state index < -0.39 is 0 Å². The molecule has 1 N–H and O–H groups in total. The summed E-state index contributed by atoms with van der Waals surface area (Å²) in [5, 5.41) is 12.9. The molecule has 0 aliphatic carbocycles. The van der Waals surface area contributed by atoms with Crippen molar-refractivity contribution in [1.29, 1.82) is 0 Å². The molecule has 1 aliphatic rings. The number of nitrogens with zero attached hydrogens (tertiary/aromatic N) is 4. The Balaban J connectivity index is 1.85. The van der Waals surface area contributed by atoms with Gasteiger partial charge in [-0.1, -0.05) is 42.8 Å². The fourth-order valence-electron chi connectivity index (χ4n) is 3.46. The molecule has 2 heterocycles. The normalized spacial score (nSPS) is 12.7. The van der Waals surface area contributed by atoms with Gasteiger partial charge in [0.2, 0.25) is 0 Å². The number of hydrogen-bond donors (Lipinski definition) is 1. The lowest BCUT2D eigenvalue weighted by Crippen LogP contribution is -2.18. The fraction of sp³-hybridized carbons (Fsp3) is 0.261. The van der Waals surface area contributed by atoms with Crippen LogP contribution in [-0.2, 0) is 13.1 Å². The molecule has 0 amide bonds. The summed E-state index contributed by atoms with van der Waals surface area (Å²) in [4.78, 5) is 6.13. The van der Waals surface area contributed by atoms with Gasteiger partial charge in [0.05, 0.1) is 17.9 Å². The maximum absolute atomic E-state index is 6.54. The zero-order valence-corrected chi connectivity index (χ0v) is 18.5. The number of hydrogen-bond acceptors (Lipinski definition) is 5. The van der Waals surface area contributed by atoms with E-state index in [4.69, 9.17) is 16.6 Å². The first-order valence-corrected chi connectivity index (χ1v) is 11.4. The molecule has 30 heavy (non-hydrogen) atoms. The van der Waals surface area contributed by atoms with Crippen molar-refractivity contribution in [2.45, 2.75) is 31.3 Å². The second kappa shape index (κ2) is 9.60. The van der Waals surface area contributed by atoms with Crippen molar-refractivity contribution in [3.8, 4) is 5.69 Å². The van der Waals surface area contributed by atoms with Crippen LogP contribution in [0.5, 0.6) is 0 Å². The molecule has 2 aromatic carbocycles. The molecule has 1 aliphatic heterocycles. The van der Waals surface area contributed by atoms with E-state index >= 15 is 0 Å². The summed E-state index contributed by atoms with van der Waals surface area (Å²) in [6.07, 6.45) is 2.97. The van der Waals surface area contributed by atoms with E-state index in [2.05, 4.69) is 51.8 Å². The number of thioether (sulfide) groups is 1. The van der Waals surface area contributed by atoms with Crippen molar-refractivity contribution in [2.75, 3.05) is 12.3 Å². The lowest BCUT2D eigenvalue weighted by Gasteiger charge is -2.16. The second-order valence-electron chi connectivity index (χ2n) is 6.96. The fourth-order valence-corrected chi connectivity index (χ4v) is 4.48. The number of aromatic nitrogens is 3. The third-order valence-electron chi connectivity index (χ3n) is 4.81. The van der Waals surface area contributed by atoms with E-state index in [0.29, 0.717) is 24.7 Å². The summed E-state index contributed by atoms with van der Waals surface area (Å²) in [6, 6.07) is 14.4. The van der Waals surface area contributed by atoms with E-state index in [0.717, 1.165) is 46.3 Å².